The molecule has 1 rings (SSSR count). The Balaban J connectivity index is 2.75. The number of aliphatic hydroxyl groups excluding tert-OH is 3. The van der Waals surface area contributed by atoms with Gasteiger partial charge in [-0.15, -0.1) is 0 Å². The zero-order chi connectivity index (χ0) is 12.9. The summed E-state index contributed by atoms with van der Waals surface area (Å²) in [7, 11) is 0. The lowest BCUT2D eigenvalue weighted by molar-refractivity contribution is 0.0412. The molecule has 0 saturated heterocycles. The minimum Gasteiger partial charge on any atom is -0.504 e. The number of phenolic OH excluding ortho intramolecular Hbond substituents is 2. The standard InChI is InChI=1S/C11H17NO5/c13-5-11(6-14,7-15)12-4-8-2-1-3-9(16)10(8)17/h1-3,12-17H,4-7H2. The van der Waals surface area contributed by atoms with Gasteiger partial charge in [-0.25, -0.2) is 0 Å². The third-order valence-electron chi connectivity index (χ3n) is 2.66. The average molecular weight is 243 g/mol. The summed E-state index contributed by atoms with van der Waals surface area (Å²) in [4.78, 5) is 0. The van der Waals surface area contributed by atoms with Gasteiger partial charge in [0.15, 0.2) is 11.5 Å². The van der Waals surface area contributed by atoms with E-state index in [0.29, 0.717) is 5.56 Å². The molecule has 6 heteroatoms. The summed E-state index contributed by atoms with van der Waals surface area (Å²) in [6.45, 7) is -1.24. The highest BCUT2D eigenvalue weighted by molar-refractivity contribution is 5.44. The quantitative estimate of drug-likeness (QED) is 0.354. The van der Waals surface area contributed by atoms with E-state index in [1.165, 1.54) is 6.07 Å². The summed E-state index contributed by atoms with van der Waals surface area (Å²) >= 11 is 0. The normalized spacial score (nSPS) is 11.7. The van der Waals surface area contributed by atoms with Crippen LogP contribution in [0.3, 0.4) is 0 Å². The van der Waals surface area contributed by atoms with E-state index in [2.05, 4.69) is 5.32 Å². The van der Waals surface area contributed by atoms with Crippen molar-refractivity contribution in [3.8, 4) is 11.5 Å². The second-order valence-electron chi connectivity index (χ2n) is 3.89. The predicted octanol–water partition coefficient (Wildman–Crippen LogP) is -1.10. The van der Waals surface area contributed by atoms with Gasteiger partial charge in [0.2, 0.25) is 0 Å². The molecular formula is C11H17NO5. The maximum atomic E-state index is 9.54. The van der Waals surface area contributed by atoms with E-state index in [1.807, 2.05) is 0 Å². The largest absolute Gasteiger partial charge is 0.504 e. The highest BCUT2D eigenvalue weighted by atomic mass is 16.3. The van der Waals surface area contributed by atoms with Crippen LogP contribution in [-0.4, -0.2) is 50.9 Å². The van der Waals surface area contributed by atoms with Crippen molar-refractivity contribution in [3.63, 3.8) is 0 Å². The summed E-state index contributed by atoms with van der Waals surface area (Å²) in [5, 5.41) is 48.8. The maximum Gasteiger partial charge on any atom is 0.161 e. The third kappa shape index (κ3) is 3.07. The van der Waals surface area contributed by atoms with Crippen LogP contribution in [0.5, 0.6) is 11.5 Å². The van der Waals surface area contributed by atoms with E-state index in [-0.39, 0.29) is 18.0 Å². The van der Waals surface area contributed by atoms with E-state index in [4.69, 9.17) is 15.3 Å². The summed E-state index contributed by atoms with van der Waals surface area (Å²) < 4.78 is 0. The molecule has 0 aliphatic carbocycles. The number of aliphatic hydroxyl groups is 3. The first-order valence-corrected chi connectivity index (χ1v) is 5.16. The zero-order valence-electron chi connectivity index (χ0n) is 9.30. The molecule has 6 N–H and O–H groups in total. The van der Waals surface area contributed by atoms with Crippen molar-refractivity contribution in [2.45, 2.75) is 12.1 Å². The molecular weight excluding hydrogens is 226 g/mol. The van der Waals surface area contributed by atoms with Gasteiger partial charge in [0, 0.05) is 12.1 Å². The van der Waals surface area contributed by atoms with E-state index < -0.39 is 25.4 Å². The van der Waals surface area contributed by atoms with Crippen molar-refractivity contribution < 1.29 is 25.5 Å². The number of para-hydroxylation sites is 1. The van der Waals surface area contributed by atoms with Crippen molar-refractivity contribution in [2.75, 3.05) is 19.8 Å². The second kappa shape index (κ2) is 5.83. The first kappa shape index (κ1) is 13.7. The zero-order valence-corrected chi connectivity index (χ0v) is 9.30. The molecule has 0 aromatic heterocycles. The maximum absolute atomic E-state index is 9.54. The molecule has 0 aliphatic heterocycles. The molecule has 0 fully saturated rings. The molecule has 0 bridgehead atoms. The first-order valence-electron chi connectivity index (χ1n) is 5.16. The van der Waals surface area contributed by atoms with Gasteiger partial charge in [-0.2, -0.15) is 0 Å². The molecule has 96 valence electrons. The predicted molar refractivity (Wildman–Crippen MR) is 60.6 cm³/mol. The van der Waals surface area contributed by atoms with Gasteiger partial charge in [-0.3, -0.25) is 0 Å². The fraction of sp³-hybridized carbons (Fsp3) is 0.455. The Morgan fingerprint density at radius 2 is 1.59 bits per heavy atom. The van der Waals surface area contributed by atoms with Crippen molar-refractivity contribution >= 4 is 0 Å². The lowest BCUT2D eigenvalue weighted by Gasteiger charge is -2.29. The third-order valence-corrected chi connectivity index (χ3v) is 2.66. The summed E-state index contributed by atoms with van der Waals surface area (Å²) in [5.41, 5.74) is -0.803. The molecule has 17 heavy (non-hydrogen) atoms. The van der Waals surface area contributed by atoms with Gasteiger partial charge < -0.3 is 30.8 Å². The van der Waals surface area contributed by atoms with Gasteiger partial charge in [0.25, 0.3) is 0 Å². The Kier molecular flexibility index (Phi) is 4.71. The van der Waals surface area contributed by atoms with E-state index >= 15 is 0 Å². The Morgan fingerprint density at radius 3 is 2.12 bits per heavy atom. The second-order valence-corrected chi connectivity index (χ2v) is 3.89. The number of benzene rings is 1. The van der Waals surface area contributed by atoms with Crippen LogP contribution in [0, 0.1) is 0 Å². The molecule has 0 saturated carbocycles. The van der Waals surface area contributed by atoms with Crippen molar-refractivity contribution in [1.82, 2.24) is 5.32 Å². The average Bonchev–Trinajstić information content (AvgIpc) is 2.36. The summed E-state index contributed by atoms with van der Waals surface area (Å²) in [5.74, 6) is -0.505. The number of phenols is 2. The summed E-state index contributed by atoms with van der Waals surface area (Å²) in [6, 6.07) is 4.49. The van der Waals surface area contributed by atoms with Crippen molar-refractivity contribution in [2.24, 2.45) is 0 Å². The molecule has 1 aromatic carbocycles. The first-order chi connectivity index (χ1) is 8.08. The summed E-state index contributed by atoms with van der Waals surface area (Å²) in [6.07, 6.45) is 0. The topological polar surface area (TPSA) is 113 Å². The van der Waals surface area contributed by atoms with Crippen LogP contribution in [0.15, 0.2) is 18.2 Å². The fourth-order valence-electron chi connectivity index (χ4n) is 1.32. The van der Waals surface area contributed by atoms with Gasteiger partial charge in [0.05, 0.1) is 25.4 Å². The van der Waals surface area contributed by atoms with Gasteiger partial charge >= 0.3 is 0 Å². The molecule has 6 nitrogen and oxygen atoms in total. The van der Waals surface area contributed by atoms with Gasteiger partial charge in [-0.05, 0) is 6.07 Å². The number of hydrogen-bond donors (Lipinski definition) is 6. The number of rotatable bonds is 6. The van der Waals surface area contributed by atoms with Crippen LogP contribution in [-0.2, 0) is 6.54 Å². The lowest BCUT2D eigenvalue weighted by atomic mass is 10.0. The van der Waals surface area contributed by atoms with E-state index in [9.17, 15) is 10.2 Å². The van der Waals surface area contributed by atoms with E-state index in [1.54, 1.807) is 12.1 Å². The fourth-order valence-corrected chi connectivity index (χ4v) is 1.32. The van der Waals surface area contributed by atoms with E-state index in [0.717, 1.165) is 0 Å². The Morgan fingerprint density at radius 1 is 1.00 bits per heavy atom. The van der Waals surface area contributed by atoms with Crippen LogP contribution < -0.4 is 5.32 Å². The Hall–Kier alpha value is -1.34. The monoisotopic (exact) mass is 243 g/mol. The molecule has 0 amide bonds. The number of aromatic hydroxyl groups is 2. The molecule has 0 spiro atoms. The van der Waals surface area contributed by atoms with Gasteiger partial charge in [-0.1, -0.05) is 12.1 Å². The smallest absolute Gasteiger partial charge is 0.161 e. The highest BCUT2D eigenvalue weighted by Gasteiger charge is 2.27. The van der Waals surface area contributed by atoms with Crippen LogP contribution in [0.25, 0.3) is 0 Å². The van der Waals surface area contributed by atoms with Crippen LogP contribution in [0.1, 0.15) is 5.56 Å². The van der Waals surface area contributed by atoms with Crippen LogP contribution >= 0.6 is 0 Å². The molecule has 0 unspecified atom stereocenters. The van der Waals surface area contributed by atoms with Crippen molar-refractivity contribution in [3.05, 3.63) is 23.8 Å². The minimum absolute atomic E-state index is 0.0991. The van der Waals surface area contributed by atoms with Crippen LogP contribution in [0.2, 0.25) is 0 Å². The minimum atomic E-state index is -1.21. The Bertz CT molecular complexity index is 357. The molecule has 1 aromatic rings. The van der Waals surface area contributed by atoms with Crippen molar-refractivity contribution in [1.29, 1.82) is 0 Å². The molecule has 0 aliphatic rings. The lowest BCUT2D eigenvalue weighted by Crippen LogP contribution is -2.54. The van der Waals surface area contributed by atoms with Gasteiger partial charge in [0.1, 0.15) is 0 Å². The molecule has 0 atom stereocenters. The van der Waals surface area contributed by atoms with Crippen LogP contribution in [0.4, 0.5) is 0 Å². The number of nitrogens with one attached hydrogen (secondary N) is 1. The Labute approximate surface area is 98.8 Å². The molecule has 0 radical (unpaired) electrons. The highest BCUT2D eigenvalue weighted by Crippen LogP contribution is 2.28. The molecule has 0 heterocycles. The SMILES string of the molecule is OCC(CO)(CO)NCc1cccc(O)c1O. The number of hydrogen-bond acceptors (Lipinski definition) is 6.